The first-order valence-electron chi connectivity index (χ1n) is 4.39. The highest BCUT2D eigenvalue weighted by molar-refractivity contribution is 9.10. The van der Waals surface area contributed by atoms with E-state index < -0.39 is 33.6 Å². The van der Waals surface area contributed by atoms with Crippen LogP contribution in [-0.2, 0) is 5.67 Å². The van der Waals surface area contributed by atoms with Crippen molar-refractivity contribution in [2.24, 2.45) is 0 Å². The van der Waals surface area contributed by atoms with Gasteiger partial charge in [0.15, 0.2) is 0 Å². The summed E-state index contributed by atoms with van der Waals surface area (Å²) >= 11 is 2.57. The van der Waals surface area contributed by atoms with Crippen LogP contribution in [0, 0.1) is 17.4 Å². The van der Waals surface area contributed by atoms with Crippen LogP contribution < -0.4 is 0 Å². The SMILES string of the molecule is N#Cc1[c]c(Br)cc(C(F)(C(F)(F)F)C(F)(F)F)c1. The Morgan fingerprint density at radius 2 is 1.47 bits per heavy atom. The monoisotopic (exact) mass is 348 g/mol. The Hall–Kier alpha value is -1.30. The highest BCUT2D eigenvalue weighted by Crippen LogP contribution is 2.53. The van der Waals surface area contributed by atoms with Gasteiger partial charge in [0.05, 0.1) is 11.6 Å². The fourth-order valence-corrected chi connectivity index (χ4v) is 1.74. The summed E-state index contributed by atoms with van der Waals surface area (Å²) in [5.74, 6) is 0. The molecule has 0 fully saturated rings. The first-order valence-corrected chi connectivity index (χ1v) is 5.18. The predicted octanol–water partition coefficient (Wildman–Crippen LogP) is 4.41. The molecule has 0 aliphatic heterocycles. The van der Waals surface area contributed by atoms with E-state index in [0.29, 0.717) is 0 Å². The van der Waals surface area contributed by atoms with Crippen molar-refractivity contribution in [3.63, 3.8) is 0 Å². The van der Waals surface area contributed by atoms with E-state index in [1.807, 2.05) is 0 Å². The van der Waals surface area contributed by atoms with Crippen LogP contribution in [0.4, 0.5) is 30.7 Å². The van der Waals surface area contributed by atoms with Gasteiger partial charge in [0.2, 0.25) is 0 Å². The second kappa shape index (κ2) is 4.67. The van der Waals surface area contributed by atoms with Gasteiger partial charge in [-0.05, 0) is 12.1 Å². The average molecular weight is 349 g/mol. The van der Waals surface area contributed by atoms with Crippen LogP contribution in [0.25, 0.3) is 0 Å². The van der Waals surface area contributed by atoms with Gasteiger partial charge in [0.1, 0.15) is 0 Å². The summed E-state index contributed by atoms with van der Waals surface area (Å²) < 4.78 is 87.9. The van der Waals surface area contributed by atoms with Crippen LogP contribution in [-0.4, -0.2) is 12.4 Å². The van der Waals surface area contributed by atoms with Crippen molar-refractivity contribution in [3.05, 3.63) is 33.8 Å². The smallest absolute Gasteiger partial charge is 0.218 e. The highest BCUT2D eigenvalue weighted by Gasteiger charge is 2.73. The van der Waals surface area contributed by atoms with Crippen LogP contribution >= 0.6 is 15.9 Å². The van der Waals surface area contributed by atoms with Crippen molar-refractivity contribution in [2.45, 2.75) is 18.0 Å². The molecule has 19 heavy (non-hydrogen) atoms. The second-order valence-electron chi connectivity index (χ2n) is 3.40. The number of nitriles is 1. The van der Waals surface area contributed by atoms with Crippen LogP contribution in [0.2, 0.25) is 0 Å². The van der Waals surface area contributed by atoms with Crippen LogP contribution in [0.5, 0.6) is 0 Å². The molecule has 0 aliphatic carbocycles. The molecule has 9 heteroatoms. The quantitative estimate of drug-likeness (QED) is 0.689. The number of hydrogen-bond donors (Lipinski definition) is 0. The Labute approximate surface area is 110 Å². The molecule has 0 aromatic heterocycles. The summed E-state index contributed by atoms with van der Waals surface area (Å²) in [5.41, 5.74) is -7.93. The number of rotatable bonds is 1. The number of benzene rings is 1. The van der Waals surface area contributed by atoms with Crippen molar-refractivity contribution in [2.75, 3.05) is 0 Å². The third-order valence-corrected chi connectivity index (χ3v) is 2.56. The normalized spacial score (nSPS) is 13.2. The van der Waals surface area contributed by atoms with Gasteiger partial charge in [-0.2, -0.15) is 31.6 Å². The topological polar surface area (TPSA) is 23.8 Å². The lowest BCUT2D eigenvalue weighted by atomic mass is 9.93. The van der Waals surface area contributed by atoms with E-state index in [1.54, 1.807) is 0 Å². The van der Waals surface area contributed by atoms with Gasteiger partial charge in [0.25, 0.3) is 0 Å². The molecule has 0 amide bonds. The number of hydrogen-bond acceptors (Lipinski definition) is 1. The molecule has 0 spiro atoms. The molecule has 0 unspecified atom stereocenters. The van der Waals surface area contributed by atoms with Gasteiger partial charge in [-0.25, -0.2) is 4.39 Å². The third-order valence-electron chi connectivity index (χ3n) is 2.14. The molecular formula is C10H2BrF7N. The number of nitrogens with zero attached hydrogens (tertiary/aromatic N) is 1. The first-order chi connectivity index (χ1) is 8.43. The molecular weight excluding hydrogens is 347 g/mol. The van der Waals surface area contributed by atoms with Gasteiger partial charge in [0, 0.05) is 16.1 Å². The molecule has 1 radical (unpaired) electrons. The molecule has 0 saturated heterocycles. The Balaban J connectivity index is 3.62. The van der Waals surface area contributed by atoms with Gasteiger partial charge in [-0.3, -0.25) is 0 Å². The lowest BCUT2D eigenvalue weighted by Crippen LogP contribution is -2.50. The molecule has 1 aromatic rings. The van der Waals surface area contributed by atoms with E-state index in [0.717, 1.165) is 0 Å². The fourth-order valence-electron chi connectivity index (χ4n) is 1.28. The van der Waals surface area contributed by atoms with Crippen molar-refractivity contribution >= 4 is 15.9 Å². The molecule has 0 atom stereocenters. The van der Waals surface area contributed by atoms with Gasteiger partial charge >= 0.3 is 18.0 Å². The summed E-state index contributed by atoms with van der Waals surface area (Å²) in [6.45, 7) is 0. The maximum absolute atomic E-state index is 13.6. The van der Waals surface area contributed by atoms with E-state index in [2.05, 4.69) is 22.0 Å². The van der Waals surface area contributed by atoms with Crippen molar-refractivity contribution < 1.29 is 30.7 Å². The Morgan fingerprint density at radius 3 is 1.84 bits per heavy atom. The van der Waals surface area contributed by atoms with E-state index >= 15 is 0 Å². The molecule has 0 aliphatic rings. The maximum atomic E-state index is 13.6. The van der Waals surface area contributed by atoms with Crippen molar-refractivity contribution in [1.29, 1.82) is 5.26 Å². The first kappa shape index (κ1) is 15.8. The highest BCUT2D eigenvalue weighted by atomic mass is 79.9. The molecule has 0 heterocycles. The Bertz CT molecular complexity index is 512. The lowest BCUT2D eigenvalue weighted by Gasteiger charge is -2.30. The van der Waals surface area contributed by atoms with E-state index in [9.17, 15) is 30.7 Å². The maximum Gasteiger partial charge on any atom is 0.435 e. The Kier molecular flexibility index (Phi) is 3.87. The molecule has 0 saturated carbocycles. The van der Waals surface area contributed by atoms with Gasteiger partial charge in [-0.15, -0.1) is 0 Å². The standard InChI is InChI=1S/C10H2BrF7N/c11-7-2-5(4-19)1-6(3-7)8(12,9(13,14)15)10(16,17)18/h1,3H. The summed E-state index contributed by atoms with van der Waals surface area (Å²) in [4.78, 5) is 0. The van der Waals surface area contributed by atoms with Crippen LogP contribution in [0.1, 0.15) is 11.1 Å². The van der Waals surface area contributed by atoms with Crippen molar-refractivity contribution in [1.82, 2.24) is 0 Å². The zero-order valence-corrected chi connectivity index (χ0v) is 10.2. The van der Waals surface area contributed by atoms with Crippen LogP contribution in [0.15, 0.2) is 16.6 Å². The van der Waals surface area contributed by atoms with Crippen LogP contribution in [0.3, 0.4) is 0 Å². The molecule has 1 rings (SSSR count). The van der Waals surface area contributed by atoms with Gasteiger partial charge in [-0.1, -0.05) is 15.9 Å². The molecule has 0 bridgehead atoms. The molecule has 1 aromatic carbocycles. The zero-order chi connectivity index (χ0) is 15.1. The fraction of sp³-hybridized carbons (Fsp3) is 0.300. The minimum atomic E-state index is -6.21. The molecule has 103 valence electrons. The minimum Gasteiger partial charge on any atom is -0.218 e. The average Bonchev–Trinajstić information content (AvgIpc) is 2.23. The van der Waals surface area contributed by atoms with E-state index in [-0.39, 0.29) is 12.1 Å². The second-order valence-corrected chi connectivity index (χ2v) is 4.25. The number of alkyl halides is 7. The molecule has 0 N–H and O–H groups in total. The number of halogens is 8. The van der Waals surface area contributed by atoms with E-state index in [4.69, 9.17) is 5.26 Å². The van der Waals surface area contributed by atoms with E-state index in [1.165, 1.54) is 6.07 Å². The van der Waals surface area contributed by atoms with Crippen molar-refractivity contribution in [3.8, 4) is 6.07 Å². The summed E-state index contributed by atoms with van der Waals surface area (Å²) in [6.07, 6.45) is -12.4. The minimum absolute atomic E-state index is 0.158. The summed E-state index contributed by atoms with van der Waals surface area (Å²) in [6, 6.07) is 3.86. The Morgan fingerprint density at radius 1 is 1.00 bits per heavy atom. The lowest BCUT2D eigenvalue weighted by molar-refractivity contribution is -0.348. The largest absolute Gasteiger partial charge is 0.435 e. The zero-order valence-electron chi connectivity index (χ0n) is 8.63. The van der Waals surface area contributed by atoms with Gasteiger partial charge < -0.3 is 0 Å². The summed E-state index contributed by atoms with van der Waals surface area (Å²) in [7, 11) is 0. The third kappa shape index (κ3) is 2.68. The molecule has 1 nitrogen and oxygen atoms in total. The predicted molar refractivity (Wildman–Crippen MR) is 52.6 cm³/mol. The summed E-state index contributed by atoms with van der Waals surface area (Å²) in [5, 5.41) is 8.47.